The summed E-state index contributed by atoms with van der Waals surface area (Å²) in [5, 5.41) is 6.60. The van der Waals surface area contributed by atoms with Crippen LogP contribution < -0.4 is 27.0 Å². The standard InChI is InChI=1S/C28H46N4O4.C4H12N2.C4H11N.C2H6.CH5N/c1-7-28(4,30-6)17-18-31(25(35)10-8-20-33)22-23-12-14-24(15-13-23)32(26(36)11-9-21-34)19-16-27(2,3)29-5;1-6(2)4-3-5;1-4-5(2)3;2*1-2/h12-15,20-21,29-30H,7-11,16-19,22H2,1-6H3;3-5H2,1-2H3;4H2,1-3H3;1-2H3;2H2,1H3. The predicted octanol–water partition coefficient (Wildman–Crippen LogP) is 4.15. The highest BCUT2D eigenvalue weighted by atomic mass is 16.2. The van der Waals surface area contributed by atoms with Gasteiger partial charge in [-0.15, -0.1) is 0 Å². The smallest absolute Gasteiger partial charge is 0.227 e. The van der Waals surface area contributed by atoms with Crippen LogP contribution in [0, 0.1) is 0 Å². The van der Waals surface area contributed by atoms with E-state index in [4.69, 9.17) is 5.73 Å². The molecule has 6 N–H and O–H groups in total. The number of benzene rings is 1. The van der Waals surface area contributed by atoms with Gasteiger partial charge in [-0.1, -0.05) is 39.8 Å². The quantitative estimate of drug-likeness (QED) is 0.136. The average molecular weight is 725 g/mol. The predicted molar refractivity (Wildman–Crippen MR) is 218 cm³/mol. The van der Waals surface area contributed by atoms with E-state index >= 15 is 0 Å². The van der Waals surface area contributed by atoms with Gasteiger partial charge in [0.05, 0.1) is 0 Å². The second kappa shape index (κ2) is 34.4. The summed E-state index contributed by atoms with van der Waals surface area (Å²) in [5.41, 5.74) is 11.2. The zero-order valence-electron chi connectivity index (χ0n) is 35.2. The summed E-state index contributed by atoms with van der Waals surface area (Å²) in [6, 6.07) is 7.68. The SMILES string of the molecule is CC.CCC(C)(CCN(Cc1ccc(N(CCC(C)(C)NC)C(=O)CCC=O)cc1)C(=O)CCC=O)NC.CCN(C)C.CN.CN(C)CCN. The van der Waals surface area contributed by atoms with Crippen LogP contribution in [0.4, 0.5) is 5.69 Å². The Kier molecular flexibility index (Phi) is 37.1. The van der Waals surface area contributed by atoms with E-state index in [9.17, 15) is 19.2 Å². The lowest BCUT2D eigenvalue weighted by Crippen LogP contribution is -2.43. The van der Waals surface area contributed by atoms with Crippen molar-refractivity contribution in [2.45, 2.75) is 111 Å². The molecule has 1 atom stereocenters. The van der Waals surface area contributed by atoms with Crippen LogP contribution in [0.2, 0.25) is 0 Å². The molecule has 0 aliphatic rings. The van der Waals surface area contributed by atoms with Crippen LogP contribution in [0.15, 0.2) is 24.3 Å². The maximum atomic E-state index is 12.9. The Hall–Kier alpha value is -2.74. The molecule has 1 aromatic rings. The lowest BCUT2D eigenvalue weighted by Gasteiger charge is -2.32. The minimum absolute atomic E-state index is 0.0410. The van der Waals surface area contributed by atoms with E-state index in [-0.39, 0.29) is 48.6 Å². The highest BCUT2D eigenvalue weighted by molar-refractivity contribution is 5.94. The third-order valence-electron chi connectivity index (χ3n) is 8.39. The van der Waals surface area contributed by atoms with E-state index < -0.39 is 0 Å². The Morgan fingerprint density at radius 3 is 1.61 bits per heavy atom. The van der Waals surface area contributed by atoms with E-state index in [1.54, 1.807) is 4.90 Å². The first-order valence-corrected chi connectivity index (χ1v) is 18.6. The molecular weight excluding hydrogens is 644 g/mol. The van der Waals surface area contributed by atoms with Crippen molar-refractivity contribution in [2.75, 3.05) is 87.0 Å². The van der Waals surface area contributed by atoms with Gasteiger partial charge in [0.2, 0.25) is 11.8 Å². The Bertz CT molecular complexity index is 984. The topological polar surface area (TPSA) is 157 Å². The molecule has 12 nitrogen and oxygen atoms in total. The molecule has 0 bridgehead atoms. The van der Waals surface area contributed by atoms with Crippen molar-refractivity contribution >= 4 is 30.1 Å². The molecule has 0 saturated heterocycles. The first kappa shape index (κ1) is 55.0. The van der Waals surface area contributed by atoms with Crippen molar-refractivity contribution in [3.05, 3.63) is 29.8 Å². The minimum atomic E-state index is -0.133. The summed E-state index contributed by atoms with van der Waals surface area (Å²) in [5.74, 6) is -0.126. The van der Waals surface area contributed by atoms with E-state index in [0.29, 0.717) is 19.6 Å². The normalized spacial score (nSPS) is 11.6. The first-order valence-electron chi connectivity index (χ1n) is 18.6. The summed E-state index contributed by atoms with van der Waals surface area (Å²) < 4.78 is 0. The summed E-state index contributed by atoms with van der Waals surface area (Å²) in [6.07, 6.45) is 4.81. The van der Waals surface area contributed by atoms with Crippen LogP contribution in [0.5, 0.6) is 0 Å². The molecule has 0 saturated carbocycles. The van der Waals surface area contributed by atoms with Crippen LogP contribution in [-0.4, -0.2) is 132 Å². The molecule has 51 heavy (non-hydrogen) atoms. The third-order valence-corrected chi connectivity index (χ3v) is 8.39. The van der Waals surface area contributed by atoms with Gasteiger partial charge in [0.25, 0.3) is 0 Å². The van der Waals surface area contributed by atoms with Gasteiger partial charge in [0, 0.05) is 75.2 Å². The minimum Gasteiger partial charge on any atom is -0.338 e. The fourth-order valence-electron chi connectivity index (χ4n) is 3.98. The lowest BCUT2D eigenvalue weighted by molar-refractivity contribution is -0.133. The average Bonchev–Trinajstić information content (AvgIpc) is 3.13. The van der Waals surface area contributed by atoms with Gasteiger partial charge in [-0.25, -0.2) is 0 Å². The summed E-state index contributed by atoms with van der Waals surface area (Å²) in [6.45, 7) is 19.0. The number of aldehydes is 2. The van der Waals surface area contributed by atoms with Crippen molar-refractivity contribution in [2.24, 2.45) is 11.5 Å². The largest absolute Gasteiger partial charge is 0.338 e. The molecule has 0 spiro atoms. The maximum absolute atomic E-state index is 12.9. The van der Waals surface area contributed by atoms with Crippen LogP contribution in [-0.2, 0) is 25.7 Å². The van der Waals surface area contributed by atoms with Gasteiger partial charge in [-0.2, -0.15) is 0 Å². The Morgan fingerprint density at radius 2 is 1.25 bits per heavy atom. The molecule has 0 heterocycles. The molecule has 0 aliphatic heterocycles. The lowest BCUT2D eigenvalue weighted by atomic mass is 9.94. The number of hydrogen-bond donors (Lipinski definition) is 4. The Labute approximate surface area is 313 Å². The van der Waals surface area contributed by atoms with Gasteiger partial charge in [0.15, 0.2) is 0 Å². The van der Waals surface area contributed by atoms with Gasteiger partial charge < -0.3 is 51.3 Å². The van der Waals surface area contributed by atoms with Crippen molar-refractivity contribution in [1.82, 2.24) is 25.3 Å². The molecule has 1 unspecified atom stereocenters. The number of amides is 2. The second-order valence-electron chi connectivity index (χ2n) is 13.2. The highest BCUT2D eigenvalue weighted by Crippen LogP contribution is 2.22. The fraction of sp³-hybridized carbons (Fsp3) is 0.744. The third kappa shape index (κ3) is 29.5. The van der Waals surface area contributed by atoms with Crippen LogP contribution in [0.25, 0.3) is 0 Å². The molecule has 0 aliphatic carbocycles. The number of nitrogens with zero attached hydrogens (tertiary/aromatic N) is 4. The van der Waals surface area contributed by atoms with Gasteiger partial charge in [-0.3, -0.25) is 9.59 Å². The molecule has 300 valence electrons. The molecule has 0 radical (unpaired) electrons. The van der Waals surface area contributed by atoms with Crippen LogP contribution in [0.1, 0.15) is 99.0 Å². The highest BCUT2D eigenvalue weighted by Gasteiger charge is 2.24. The molecular formula is C39H80N8O4. The molecule has 0 aromatic heterocycles. The van der Waals surface area contributed by atoms with Gasteiger partial charge in [0.1, 0.15) is 12.6 Å². The second-order valence-corrected chi connectivity index (χ2v) is 13.2. The van der Waals surface area contributed by atoms with Gasteiger partial charge in [-0.05, 0) is 114 Å². The zero-order valence-corrected chi connectivity index (χ0v) is 35.2. The molecule has 0 fully saturated rings. The van der Waals surface area contributed by atoms with E-state index in [2.05, 4.69) is 74.9 Å². The van der Waals surface area contributed by atoms with Crippen LogP contribution >= 0.6 is 0 Å². The monoisotopic (exact) mass is 725 g/mol. The molecule has 2 amide bonds. The number of nitrogens with two attached hydrogens (primary N) is 2. The number of hydrogen-bond acceptors (Lipinski definition) is 10. The van der Waals surface area contributed by atoms with E-state index in [0.717, 1.165) is 62.7 Å². The van der Waals surface area contributed by atoms with Crippen molar-refractivity contribution in [3.63, 3.8) is 0 Å². The number of nitrogens with one attached hydrogen (secondary N) is 2. The summed E-state index contributed by atoms with van der Waals surface area (Å²) in [7, 11) is 13.5. The maximum Gasteiger partial charge on any atom is 0.227 e. The Balaban J connectivity index is -0.000000620. The molecule has 1 aromatic carbocycles. The molecule has 12 heteroatoms. The number of carbonyl (C=O) groups excluding carboxylic acids is 4. The zero-order chi connectivity index (χ0) is 40.5. The first-order chi connectivity index (χ1) is 24.1. The number of carbonyl (C=O) groups is 4. The van der Waals surface area contributed by atoms with Gasteiger partial charge >= 0.3 is 0 Å². The van der Waals surface area contributed by atoms with E-state index in [1.165, 1.54) is 7.05 Å². The summed E-state index contributed by atoms with van der Waals surface area (Å²) >= 11 is 0. The fourth-order valence-corrected chi connectivity index (χ4v) is 3.98. The van der Waals surface area contributed by atoms with Crippen molar-refractivity contribution < 1.29 is 19.2 Å². The number of likely N-dealkylation sites (N-methyl/N-ethyl adjacent to an activating group) is 1. The van der Waals surface area contributed by atoms with E-state index in [1.807, 2.05) is 71.2 Å². The number of anilines is 1. The number of rotatable bonds is 21. The van der Waals surface area contributed by atoms with Crippen molar-refractivity contribution in [3.8, 4) is 0 Å². The summed E-state index contributed by atoms with van der Waals surface area (Å²) in [4.78, 5) is 55.1. The van der Waals surface area contributed by atoms with Crippen molar-refractivity contribution in [1.29, 1.82) is 0 Å². The van der Waals surface area contributed by atoms with Crippen LogP contribution in [0.3, 0.4) is 0 Å². The Morgan fingerprint density at radius 1 is 0.765 bits per heavy atom. The molecule has 1 rings (SSSR count).